The maximum atomic E-state index is 6.20. The van der Waals surface area contributed by atoms with E-state index in [1.54, 1.807) is 11.3 Å². The highest BCUT2D eigenvalue weighted by Gasteiger charge is 2.15. The number of rotatable bonds is 4. The molecule has 0 saturated heterocycles. The van der Waals surface area contributed by atoms with Crippen LogP contribution in [0.4, 0.5) is 0 Å². The first kappa shape index (κ1) is 13.7. The van der Waals surface area contributed by atoms with Crippen LogP contribution in [-0.2, 0) is 19.9 Å². The highest BCUT2D eigenvalue weighted by atomic mass is 79.9. The Hall–Kier alpha value is -0.720. The first-order valence-electron chi connectivity index (χ1n) is 5.82. The fourth-order valence-electron chi connectivity index (χ4n) is 1.94. The zero-order chi connectivity index (χ0) is 13.3. The van der Waals surface area contributed by atoms with Crippen molar-refractivity contribution in [2.45, 2.75) is 32.7 Å². The molecule has 0 fully saturated rings. The van der Waals surface area contributed by atoms with Gasteiger partial charge in [0.25, 0.3) is 0 Å². The number of nitrogens with two attached hydrogens (primary N) is 1. The first-order valence-corrected chi connectivity index (χ1v) is 7.49. The van der Waals surface area contributed by atoms with Gasteiger partial charge in [0.2, 0.25) is 0 Å². The molecule has 98 valence electrons. The number of aromatic nitrogens is 3. The van der Waals surface area contributed by atoms with E-state index in [9.17, 15) is 0 Å². The Morgan fingerprint density at radius 1 is 1.44 bits per heavy atom. The van der Waals surface area contributed by atoms with Gasteiger partial charge in [-0.1, -0.05) is 0 Å². The minimum absolute atomic E-state index is 0.0710. The van der Waals surface area contributed by atoms with E-state index in [4.69, 9.17) is 5.73 Å². The van der Waals surface area contributed by atoms with E-state index >= 15 is 0 Å². The normalized spacial score (nSPS) is 12.9. The molecule has 1 atom stereocenters. The van der Waals surface area contributed by atoms with Gasteiger partial charge < -0.3 is 5.73 Å². The van der Waals surface area contributed by atoms with Crippen molar-refractivity contribution in [3.63, 3.8) is 0 Å². The third-order valence-corrected chi connectivity index (χ3v) is 4.84. The van der Waals surface area contributed by atoms with Gasteiger partial charge in [0, 0.05) is 37.0 Å². The Labute approximate surface area is 119 Å². The van der Waals surface area contributed by atoms with Crippen LogP contribution in [0.3, 0.4) is 0 Å². The second-order valence-electron chi connectivity index (χ2n) is 4.52. The second kappa shape index (κ2) is 5.50. The van der Waals surface area contributed by atoms with Crippen LogP contribution in [0.15, 0.2) is 9.85 Å². The van der Waals surface area contributed by atoms with Crippen molar-refractivity contribution in [1.82, 2.24) is 14.8 Å². The molecule has 2 N–H and O–H groups in total. The molecule has 2 aromatic heterocycles. The molecule has 2 rings (SSSR count). The molecular weight excluding hydrogens is 312 g/mol. The van der Waals surface area contributed by atoms with Crippen molar-refractivity contribution in [3.05, 3.63) is 31.9 Å². The van der Waals surface area contributed by atoms with Gasteiger partial charge in [-0.25, -0.2) is 4.98 Å². The molecule has 0 aliphatic heterocycles. The minimum atomic E-state index is 0.0710. The molecule has 2 aromatic rings. The summed E-state index contributed by atoms with van der Waals surface area (Å²) in [4.78, 5) is 4.45. The number of halogens is 1. The topological polar surface area (TPSA) is 56.7 Å². The van der Waals surface area contributed by atoms with Gasteiger partial charge in [0.15, 0.2) is 0 Å². The maximum absolute atomic E-state index is 6.20. The molecule has 0 bridgehead atoms. The molecule has 6 heteroatoms. The average Bonchev–Trinajstić information content (AvgIpc) is 2.78. The van der Waals surface area contributed by atoms with E-state index in [1.807, 2.05) is 25.6 Å². The first-order chi connectivity index (χ1) is 8.47. The lowest BCUT2D eigenvalue weighted by molar-refractivity contribution is 0.609. The number of thiazole rings is 1. The van der Waals surface area contributed by atoms with Gasteiger partial charge in [-0.05, 0) is 29.8 Å². The molecule has 0 aliphatic rings. The standard InChI is InChI=1S/C12H17BrN4S/c1-7-6-18-11(15-7)5-9(14)4-10-12(13)8(2)16-17(10)3/h6,9H,4-5,14H2,1-3H3. The summed E-state index contributed by atoms with van der Waals surface area (Å²) >= 11 is 5.24. The molecule has 0 aromatic carbocycles. The molecule has 0 aliphatic carbocycles. The summed E-state index contributed by atoms with van der Waals surface area (Å²) in [5.74, 6) is 0. The van der Waals surface area contributed by atoms with Crippen LogP contribution in [0, 0.1) is 13.8 Å². The van der Waals surface area contributed by atoms with Crippen molar-refractivity contribution in [3.8, 4) is 0 Å². The molecule has 0 spiro atoms. The number of hydrogen-bond donors (Lipinski definition) is 1. The third kappa shape index (κ3) is 2.99. The fraction of sp³-hybridized carbons (Fsp3) is 0.500. The zero-order valence-corrected chi connectivity index (χ0v) is 13.2. The van der Waals surface area contributed by atoms with Crippen molar-refractivity contribution in [1.29, 1.82) is 0 Å². The van der Waals surface area contributed by atoms with Gasteiger partial charge in [0.05, 0.1) is 20.9 Å². The van der Waals surface area contributed by atoms with Gasteiger partial charge >= 0.3 is 0 Å². The van der Waals surface area contributed by atoms with Gasteiger partial charge in [-0.3, -0.25) is 4.68 Å². The van der Waals surface area contributed by atoms with E-state index in [0.717, 1.165) is 39.4 Å². The van der Waals surface area contributed by atoms with Crippen molar-refractivity contribution >= 4 is 27.3 Å². The van der Waals surface area contributed by atoms with E-state index in [0.29, 0.717) is 0 Å². The van der Waals surface area contributed by atoms with Crippen molar-refractivity contribution in [2.24, 2.45) is 12.8 Å². The van der Waals surface area contributed by atoms with Crippen LogP contribution >= 0.6 is 27.3 Å². The maximum Gasteiger partial charge on any atom is 0.0943 e. The lowest BCUT2D eigenvalue weighted by atomic mass is 10.1. The van der Waals surface area contributed by atoms with Crippen LogP contribution in [-0.4, -0.2) is 20.8 Å². The molecule has 1 unspecified atom stereocenters. The van der Waals surface area contributed by atoms with E-state index in [2.05, 4.69) is 31.4 Å². The predicted molar refractivity (Wildman–Crippen MR) is 77.9 cm³/mol. The summed E-state index contributed by atoms with van der Waals surface area (Å²) in [6.45, 7) is 4.00. The van der Waals surface area contributed by atoms with Crippen molar-refractivity contribution in [2.75, 3.05) is 0 Å². The lowest BCUT2D eigenvalue weighted by Gasteiger charge is -2.10. The summed E-state index contributed by atoms with van der Waals surface area (Å²) in [5.41, 5.74) is 9.42. The highest BCUT2D eigenvalue weighted by Crippen LogP contribution is 2.22. The smallest absolute Gasteiger partial charge is 0.0943 e. The summed E-state index contributed by atoms with van der Waals surface area (Å²) in [5, 5.41) is 7.54. The number of aryl methyl sites for hydroxylation is 3. The Bertz CT molecular complexity index is 546. The zero-order valence-electron chi connectivity index (χ0n) is 10.8. The fourth-order valence-corrected chi connectivity index (χ4v) is 3.31. The van der Waals surface area contributed by atoms with Gasteiger partial charge in [-0.2, -0.15) is 5.10 Å². The summed E-state index contributed by atoms with van der Waals surface area (Å²) in [6.07, 6.45) is 1.62. The predicted octanol–water partition coefficient (Wildman–Crippen LogP) is 2.37. The van der Waals surface area contributed by atoms with E-state index < -0.39 is 0 Å². The third-order valence-electron chi connectivity index (χ3n) is 2.82. The Kier molecular flexibility index (Phi) is 4.19. The molecule has 18 heavy (non-hydrogen) atoms. The SMILES string of the molecule is Cc1csc(CC(N)Cc2c(Br)c(C)nn2C)n1. The lowest BCUT2D eigenvalue weighted by Crippen LogP contribution is -2.26. The Morgan fingerprint density at radius 3 is 2.67 bits per heavy atom. The van der Waals surface area contributed by atoms with Crippen LogP contribution in [0.1, 0.15) is 22.1 Å². The Balaban J connectivity index is 2.05. The van der Waals surface area contributed by atoms with Crippen LogP contribution in [0.2, 0.25) is 0 Å². The van der Waals surface area contributed by atoms with Gasteiger partial charge in [0.1, 0.15) is 0 Å². The van der Waals surface area contributed by atoms with Crippen LogP contribution in [0.5, 0.6) is 0 Å². The molecule has 0 radical (unpaired) electrons. The van der Waals surface area contributed by atoms with Gasteiger partial charge in [-0.15, -0.1) is 11.3 Å². The highest BCUT2D eigenvalue weighted by molar-refractivity contribution is 9.10. The minimum Gasteiger partial charge on any atom is -0.327 e. The molecule has 0 amide bonds. The van der Waals surface area contributed by atoms with Crippen LogP contribution < -0.4 is 5.73 Å². The summed E-state index contributed by atoms with van der Waals surface area (Å²) in [6, 6.07) is 0.0710. The monoisotopic (exact) mass is 328 g/mol. The largest absolute Gasteiger partial charge is 0.327 e. The Morgan fingerprint density at radius 2 is 2.17 bits per heavy atom. The molecular formula is C12H17BrN4S. The average molecular weight is 329 g/mol. The second-order valence-corrected chi connectivity index (χ2v) is 6.26. The quantitative estimate of drug-likeness (QED) is 0.937. The molecule has 0 saturated carbocycles. The number of hydrogen-bond acceptors (Lipinski definition) is 4. The summed E-state index contributed by atoms with van der Waals surface area (Å²) < 4.78 is 2.96. The summed E-state index contributed by atoms with van der Waals surface area (Å²) in [7, 11) is 1.95. The number of nitrogens with zero attached hydrogens (tertiary/aromatic N) is 3. The van der Waals surface area contributed by atoms with Crippen LogP contribution in [0.25, 0.3) is 0 Å². The van der Waals surface area contributed by atoms with E-state index in [1.165, 1.54) is 0 Å². The molecule has 4 nitrogen and oxygen atoms in total. The van der Waals surface area contributed by atoms with E-state index in [-0.39, 0.29) is 6.04 Å². The van der Waals surface area contributed by atoms with Crippen molar-refractivity contribution < 1.29 is 0 Å². The molecule has 2 heterocycles.